The van der Waals surface area contributed by atoms with Crippen LogP contribution in [-0.4, -0.2) is 11.3 Å². The molecular formula is C13H11NOS. The van der Waals surface area contributed by atoms with Crippen LogP contribution in [0, 0.1) is 6.92 Å². The summed E-state index contributed by atoms with van der Waals surface area (Å²) in [6.07, 6.45) is 4.39. The number of pyridine rings is 1. The molecule has 80 valence electrons. The van der Waals surface area contributed by atoms with Gasteiger partial charge in [-0.1, -0.05) is 23.4 Å². The van der Waals surface area contributed by atoms with Gasteiger partial charge in [0.25, 0.3) is 0 Å². The summed E-state index contributed by atoms with van der Waals surface area (Å²) in [5, 5.41) is 0. The Morgan fingerprint density at radius 1 is 1.19 bits per heavy atom. The largest absolute Gasteiger partial charge is 0.298 e. The van der Waals surface area contributed by atoms with Gasteiger partial charge in [0.15, 0.2) is 6.29 Å². The lowest BCUT2D eigenvalue weighted by molar-refractivity contribution is 0.112. The molecule has 0 atom stereocenters. The zero-order valence-electron chi connectivity index (χ0n) is 8.88. The van der Waals surface area contributed by atoms with Gasteiger partial charge in [0.1, 0.15) is 0 Å². The molecule has 1 aromatic heterocycles. The SMILES string of the molecule is Cc1ccc(Sc2ccncc2)c(C=O)c1. The van der Waals surface area contributed by atoms with Gasteiger partial charge in [-0.2, -0.15) is 0 Å². The second-order valence-corrected chi connectivity index (χ2v) is 4.56. The van der Waals surface area contributed by atoms with Gasteiger partial charge in [-0.3, -0.25) is 9.78 Å². The first-order chi connectivity index (χ1) is 7.79. The van der Waals surface area contributed by atoms with E-state index in [1.54, 1.807) is 24.2 Å². The van der Waals surface area contributed by atoms with Gasteiger partial charge >= 0.3 is 0 Å². The molecule has 0 N–H and O–H groups in total. The Bertz CT molecular complexity index is 497. The predicted molar refractivity (Wildman–Crippen MR) is 64.9 cm³/mol. The van der Waals surface area contributed by atoms with Crippen LogP contribution in [0.25, 0.3) is 0 Å². The molecule has 1 aromatic carbocycles. The minimum absolute atomic E-state index is 0.738. The predicted octanol–water partition coefficient (Wildman–Crippen LogP) is 3.35. The maximum absolute atomic E-state index is 10.9. The fourth-order valence-corrected chi connectivity index (χ4v) is 2.26. The van der Waals surface area contributed by atoms with Crippen LogP contribution >= 0.6 is 11.8 Å². The number of nitrogens with zero attached hydrogens (tertiary/aromatic N) is 1. The summed E-state index contributed by atoms with van der Waals surface area (Å²) in [4.78, 5) is 17.0. The minimum atomic E-state index is 0.738. The number of aryl methyl sites for hydroxylation is 1. The third-order valence-corrected chi connectivity index (χ3v) is 3.27. The lowest BCUT2D eigenvalue weighted by Gasteiger charge is -2.05. The summed E-state index contributed by atoms with van der Waals surface area (Å²) in [6, 6.07) is 9.75. The summed E-state index contributed by atoms with van der Waals surface area (Å²) in [7, 11) is 0. The van der Waals surface area contributed by atoms with E-state index in [0.29, 0.717) is 0 Å². The van der Waals surface area contributed by atoms with E-state index in [1.807, 2.05) is 37.3 Å². The molecule has 0 radical (unpaired) electrons. The average Bonchev–Trinajstić information content (AvgIpc) is 2.33. The number of aromatic nitrogens is 1. The highest BCUT2D eigenvalue weighted by atomic mass is 32.2. The summed E-state index contributed by atoms with van der Waals surface area (Å²) in [6.45, 7) is 1.98. The Balaban J connectivity index is 2.31. The first-order valence-electron chi connectivity index (χ1n) is 4.93. The number of carbonyl (C=O) groups excluding carboxylic acids is 1. The zero-order valence-corrected chi connectivity index (χ0v) is 9.70. The number of benzene rings is 1. The van der Waals surface area contributed by atoms with E-state index in [1.165, 1.54) is 0 Å². The van der Waals surface area contributed by atoms with Crippen LogP contribution in [0.2, 0.25) is 0 Å². The molecule has 2 rings (SSSR count). The highest BCUT2D eigenvalue weighted by Crippen LogP contribution is 2.29. The summed E-state index contributed by atoms with van der Waals surface area (Å²) in [5.41, 5.74) is 1.84. The molecule has 0 aliphatic heterocycles. The summed E-state index contributed by atoms with van der Waals surface area (Å²) >= 11 is 1.58. The summed E-state index contributed by atoms with van der Waals surface area (Å²) < 4.78 is 0. The van der Waals surface area contributed by atoms with Crippen molar-refractivity contribution in [3.63, 3.8) is 0 Å². The lowest BCUT2D eigenvalue weighted by Crippen LogP contribution is -1.86. The van der Waals surface area contributed by atoms with Gasteiger partial charge in [-0.15, -0.1) is 0 Å². The number of aldehydes is 1. The van der Waals surface area contributed by atoms with Gasteiger partial charge in [0.05, 0.1) is 0 Å². The van der Waals surface area contributed by atoms with Crippen LogP contribution in [0.5, 0.6) is 0 Å². The molecule has 0 bridgehead atoms. The monoisotopic (exact) mass is 229 g/mol. The van der Waals surface area contributed by atoms with Crippen molar-refractivity contribution < 1.29 is 4.79 Å². The quantitative estimate of drug-likeness (QED) is 0.756. The number of hydrogen-bond acceptors (Lipinski definition) is 3. The topological polar surface area (TPSA) is 30.0 Å². The third-order valence-electron chi connectivity index (χ3n) is 2.17. The molecule has 0 amide bonds. The van der Waals surface area contributed by atoms with E-state index < -0.39 is 0 Å². The van der Waals surface area contributed by atoms with Crippen LogP contribution in [-0.2, 0) is 0 Å². The van der Waals surface area contributed by atoms with Crippen molar-refractivity contribution in [2.24, 2.45) is 0 Å². The minimum Gasteiger partial charge on any atom is -0.298 e. The Labute approximate surface area is 98.7 Å². The van der Waals surface area contributed by atoms with Crippen molar-refractivity contribution in [1.29, 1.82) is 0 Å². The van der Waals surface area contributed by atoms with E-state index >= 15 is 0 Å². The van der Waals surface area contributed by atoms with Gasteiger partial charge in [-0.05, 0) is 31.2 Å². The third kappa shape index (κ3) is 2.49. The number of rotatable bonds is 3. The van der Waals surface area contributed by atoms with E-state index in [-0.39, 0.29) is 0 Å². The zero-order chi connectivity index (χ0) is 11.4. The molecular weight excluding hydrogens is 218 g/mol. The van der Waals surface area contributed by atoms with Crippen molar-refractivity contribution in [3.8, 4) is 0 Å². The van der Waals surface area contributed by atoms with E-state index in [4.69, 9.17) is 0 Å². The normalized spacial score (nSPS) is 10.1. The maximum atomic E-state index is 10.9. The molecule has 3 heteroatoms. The van der Waals surface area contributed by atoms with Gasteiger partial charge in [-0.25, -0.2) is 0 Å². The second-order valence-electron chi connectivity index (χ2n) is 3.44. The smallest absolute Gasteiger partial charge is 0.151 e. The van der Waals surface area contributed by atoms with Crippen LogP contribution in [0.15, 0.2) is 52.5 Å². The Kier molecular flexibility index (Phi) is 3.37. The number of carbonyl (C=O) groups is 1. The van der Waals surface area contributed by atoms with Crippen LogP contribution < -0.4 is 0 Å². The van der Waals surface area contributed by atoms with Gasteiger partial charge in [0, 0.05) is 27.7 Å². The first-order valence-corrected chi connectivity index (χ1v) is 5.75. The second kappa shape index (κ2) is 4.94. The van der Waals surface area contributed by atoms with Crippen molar-refractivity contribution in [2.75, 3.05) is 0 Å². The molecule has 0 aliphatic carbocycles. The fraction of sp³-hybridized carbons (Fsp3) is 0.0769. The van der Waals surface area contributed by atoms with E-state index in [0.717, 1.165) is 27.2 Å². The number of hydrogen-bond donors (Lipinski definition) is 0. The van der Waals surface area contributed by atoms with Crippen molar-refractivity contribution in [2.45, 2.75) is 16.7 Å². The summed E-state index contributed by atoms with van der Waals surface area (Å²) in [5.74, 6) is 0. The molecule has 2 nitrogen and oxygen atoms in total. The molecule has 2 aromatic rings. The average molecular weight is 229 g/mol. The maximum Gasteiger partial charge on any atom is 0.151 e. The Morgan fingerprint density at radius 3 is 2.62 bits per heavy atom. The van der Waals surface area contributed by atoms with Crippen LogP contribution in [0.1, 0.15) is 15.9 Å². The molecule has 0 saturated carbocycles. The Hall–Kier alpha value is -1.61. The van der Waals surface area contributed by atoms with E-state index in [9.17, 15) is 4.79 Å². The molecule has 16 heavy (non-hydrogen) atoms. The molecule has 0 unspecified atom stereocenters. The van der Waals surface area contributed by atoms with Gasteiger partial charge < -0.3 is 0 Å². The molecule has 0 fully saturated rings. The van der Waals surface area contributed by atoms with E-state index in [2.05, 4.69) is 4.98 Å². The Morgan fingerprint density at radius 2 is 1.94 bits per heavy atom. The molecule has 0 aliphatic rings. The standard InChI is InChI=1S/C13H11NOS/c1-10-2-3-13(11(8-10)9-15)16-12-4-6-14-7-5-12/h2-9H,1H3. The van der Waals surface area contributed by atoms with Crippen molar-refractivity contribution in [1.82, 2.24) is 4.98 Å². The fourth-order valence-electron chi connectivity index (χ4n) is 1.39. The first kappa shape index (κ1) is 10.9. The molecule has 0 saturated heterocycles. The van der Waals surface area contributed by atoms with Crippen LogP contribution in [0.4, 0.5) is 0 Å². The highest BCUT2D eigenvalue weighted by Gasteiger charge is 2.03. The highest BCUT2D eigenvalue weighted by molar-refractivity contribution is 7.99. The van der Waals surface area contributed by atoms with Crippen molar-refractivity contribution in [3.05, 3.63) is 53.9 Å². The van der Waals surface area contributed by atoms with Crippen LogP contribution in [0.3, 0.4) is 0 Å². The lowest BCUT2D eigenvalue weighted by atomic mass is 10.2. The van der Waals surface area contributed by atoms with Gasteiger partial charge in [0.2, 0.25) is 0 Å². The molecule has 0 spiro atoms. The van der Waals surface area contributed by atoms with Crippen molar-refractivity contribution >= 4 is 18.0 Å². The molecule has 1 heterocycles.